The predicted octanol–water partition coefficient (Wildman–Crippen LogP) is 3.39. The Morgan fingerprint density at radius 3 is 2.72 bits per heavy atom. The number of benzene rings is 1. The number of hydrogen-bond donors (Lipinski definition) is 3. The van der Waals surface area contributed by atoms with Gasteiger partial charge in [-0.05, 0) is 43.7 Å². The normalized spacial score (nSPS) is 11.3. The smallest absolute Gasteiger partial charge is 0.216 e. The van der Waals surface area contributed by atoms with Gasteiger partial charge in [-0.2, -0.15) is 10.2 Å². The molecule has 0 aliphatic carbocycles. The Morgan fingerprint density at radius 2 is 2.00 bits per heavy atom. The van der Waals surface area contributed by atoms with Gasteiger partial charge in [0.1, 0.15) is 5.82 Å². The third-order valence-corrected chi connectivity index (χ3v) is 4.83. The molecule has 10 heteroatoms. The van der Waals surface area contributed by atoms with Crippen LogP contribution in [0.25, 0.3) is 17.3 Å². The molecule has 0 spiro atoms. The minimum atomic E-state index is 0. The fourth-order valence-corrected chi connectivity index (χ4v) is 3.36. The molecule has 168 valence electrons. The first-order valence-corrected chi connectivity index (χ1v) is 10.2. The van der Waals surface area contributed by atoms with E-state index in [-0.39, 0.29) is 24.0 Å². The van der Waals surface area contributed by atoms with E-state index in [1.807, 2.05) is 35.9 Å². The van der Waals surface area contributed by atoms with Crippen molar-refractivity contribution in [2.75, 3.05) is 13.6 Å². The Kier molecular flexibility index (Phi) is 8.03. The monoisotopic (exact) mass is 546 g/mol. The van der Waals surface area contributed by atoms with E-state index < -0.39 is 0 Å². The summed E-state index contributed by atoms with van der Waals surface area (Å²) in [5.41, 5.74) is 4.30. The zero-order chi connectivity index (χ0) is 21.6. The second kappa shape index (κ2) is 10.9. The van der Waals surface area contributed by atoms with Crippen molar-refractivity contribution >= 4 is 29.9 Å². The Morgan fingerprint density at radius 1 is 1.16 bits per heavy atom. The summed E-state index contributed by atoms with van der Waals surface area (Å²) in [5, 5.41) is 18.4. The van der Waals surface area contributed by atoms with E-state index in [4.69, 9.17) is 4.42 Å². The molecule has 0 unspecified atom stereocenters. The number of aryl methyl sites for hydroxylation is 2. The number of para-hydroxylation sites is 1. The highest BCUT2D eigenvalue weighted by Crippen LogP contribution is 2.17. The lowest BCUT2D eigenvalue weighted by atomic mass is 10.1. The molecule has 0 amide bonds. The second-order valence-corrected chi connectivity index (χ2v) is 7.15. The van der Waals surface area contributed by atoms with Gasteiger partial charge in [0.15, 0.2) is 11.7 Å². The highest BCUT2D eigenvalue weighted by atomic mass is 127. The third-order valence-electron chi connectivity index (χ3n) is 4.83. The molecule has 4 rings (SSSR count). The zero-order valence-corrected chi connectivity index (χ0v) is 20.6. The van der Waals surface area contributed by atoms with Gasteiger partial charge in [0.2, 0.25) is 5.82 Å². The molecular weight excluding hydrogens is 519 g/mol. The molecule has 3 N–H and O–H groups in total. The Bertz CT molecular complexity index is 1160. The maximum atomic E-state index is 5.32. The number of aliphatic imine (C=N–C) groups is 1. The van der Waals surface area contributed by atoms with Crippen molar-refractivity contribution in [2.24, 2.45) is 4.99 Å². The fraction of sp³-hybridized carbons (Fsp3) is 0.273. The van der Waals surface area contributed by atoms with Crippen LogP contribution in [0.2, 0.25) is 0 Å². The predicted molar refractivity (Wildman–Crippen MR) is 134 cm³/mol. The summed E-state index contributed by atoms with van der Waals surface area (Å²) < 4.78 is 7.30. The minimum absolute atomic E-state index is 0. The molecule has 0 bridgehead atoms. The number of H-pyrrole nitrogens is 1. The topological polar surface area (TPSA) is 109 Å². The number of rotatable bonds is 7. The lowest BCUT2D eigenvalue weighted by Crippen LogP contribution is -2.38. The molecule has 0 fully saturated rings. The quantitative estimate of drug-likeness (QED) is 0.186. The molecule has 3 aromatic heterocycles. The molecule has 0 saturated heterocycles. The van der Waals surface area contributed by atoms with Crippen LogP contribution in [-0.2, 0) is 13.0 Å². The van der Waals surface area contributed by atoms with Crippen LogP contribution in [0, 0.1) is 13.8 Å². The highest BCUT2D eigenvalue weighted by Gasteiger charge is 2.10. The first-order valence-electron chi connectivity index (χ1n) is 10.2. The standard InChI is InChI=1S/C22H26N8O.HI/c1-15-13-16(2)30(29-15)18-8-5-4-7-17(18)14-25-22(23-3)24-11-10-20-26-21(28-27-20)19-9-6-12-31-19;/h4-9,12-13H,10-11,14H2,1-3H3,(H2,23,24,25)(H,26,27,28);1H. The van der Waals surface area contributed by atoms with Crippen molar-refractivity contribution in [1.82, 2.24) is 35.6 Å². The molecule has 32 heavy (non-hydrogen) atoms. The molecule has 0 atom stereocenters. The van der Waals surface area contributed by atoms with E-state index in [1.54, 1.807) is 13.3 Å². The average Bonchev–Trinajstić information content (AvgIpc) is 3.52. The molecule has 0 radical (unpaired) electrons. The van der Waals surface area contributed by atoms with Crippen LogP contribution in [-0.4, -0.2) is 44.5 Å². The number of halogens is 1. The van der Waals surface area contributed by atoms with Gasteiger partial charge in [0.25, 0.3) is 0 Å². The van der Waals surface area contributed by atoms with E-state index in [2.05, 4.69) is 61.0 Å². The Hall–Kier alpha value is -3.15. The van der Waals surface area contributed by atoms with E-state index in [1.165, 1.54) is 0 Å². The molecule has 9 nitrogen and oxygen atoms in total. The van der Waals surface area contributed by atoms with Crippen LogP contribution >= 0.6 is 24.0 Å². The first-order chi connectivity index (χ1) is 15.1. The van der Waals surface area contributed by atoms with Gasteiger partial charge < -0.3 is 15.1 Å². The van der Waals surface area contributed by atoms with Crippen molar-refractivity contribution in [1.29, 1.82) is 0 Å². The van der Waals surface area contributed by atoms with Gasteiger partial charge in [-0.25, -0.2) is 9.67 Å². The van der Waals surface area contributed by atoms with Crippen LogP contribution in [0.4, 0.5) is 0 Å². The number of furan rings is 1. The summed E-state index contributed by atoms with van der Waals surface area (Å²) in [5.74, 6) is 2.70. The Balaban J connectivity index is 0.00000289. The number of nitrogens with zero attached hydrogens (tertiary/aromatic N) is 5. The lowest BCUT2D eigenvalue weighted by Gasteiger charge is -2.15. The first kappa shape index (κ1) is 23.5. The van der Waals surface area contributed by atoms with Crippen LogP contribution < -0.4 is 10.6 Å². The molecule has 3 heterocycles. The van der Waals surface area contributed by atoms with E-state index in [9.17, 15) is 0 Å². The minimum Gasteiger partial charge on any atom is -0.461 e. The molecular formula is C22H27IN8O. The van der Waals surface area contributed by atoms with Gasteiger partial charge >= 0.3 is 0 Å². The van der Waals surface area contributed by atoms with Crippen molar-refractivity contribution in [3.8, 4) is 17.3 Å². The zero-order valence-electron chi connectivity index (χ0n) is 18.3. The van der Waals surface area contributed by atoms with Gasteiger partial charge in [0, 0.05) is 32.3 Å². The largest absolute Gasteiger partial charge is 0.461 e. The number of hydrogen-bond acceptors (Lipinski definition) is 5. The number of nitrogens with one attached hydrogen (secondary N) is 3. The number of guanidine groups is 1. The molecule has 4 aromatic rings. The van der Waals surface area contributed by atoms with E-state index in [0.717, 1.165) is 28.5 Å². The summed E-state index contributed by atoms with van der Waals surface area (Å²) in [6.07, 6.45) is 2.28. The third kappa shape index (κ3) is 5.55. The van der Waals surface area contributed by atoms with Crippen LogP contribution in [0.3, 0.4) is 0 Å². The van der Waals surface area contributed by atoms with Crippen molar-refractivity contribution < 1.29 is 4.42 Å². The number of aromatic nitrogens is 5. The fourth-order valence-electron chi connectivity index (χ4n) is 3.36. The van der Waals surface area contributed by atoms with E-state index >= 15 is 0 Å². The average molecular weight is 546 g/mol. The summed E-state index contributed by atoms with van der Waals surface area (Å²) in [6, 6.07) is 13.9. The van der Waals surface area contributed by atoms with Crippen molar-refractivity contribution in [3.63, 3.8) is 0 Å². The van der Waals surface area contributed by atoms with Gasteiger partial charge in [-0.1, -0.05) is 18.2 Å². The molecule has 0 aliphatic rings. The van der Waals surface area contributed by atoms with Crippen molar-refractivity contribution in [2.45, 2.75) is 26.8 Å². The summed E-state index contributed by atoms with van der Waals surface area (Å²) in [6.45, 7) is 5.35. The Labute approximate surface area is 203 Å². The van der Waals surface area contributed by atoms with Gasteiger partial charge in [0.05, 0.1) is 17.6 Å². The molecule has 1 aromatic carbocycles. The van der Waals surface area contributed by atoms with Crippen LogP contribution in [0.15, 0.2) is 58.1 Å². The lowest BCUT2D eigenvalue weighted by molar-refractivity contribution is 0.577. The number of aromatic amines is 1. The molecule has 0 saturated carbocycles. The van der Waals surface area contributed by atoms with Gasteiger partial charge in [-0.15, -0.1) is 24.0 Å². The second-order valence-electron chi connectivity index (χ2n) is 7.15. The SMILES string of the molecule is CN=C(NCCc1nc(-c2ccco2)n[nH]1)NCc1ccccc1-n1nc(C)cc1C.I. The maximum absolute atomic E-state index is 5.32. The van der Waals surface area contributed by atoms with Crippen molar-refractivity contribution in [3.05, 3.63) is 71.5 Å². The summed E-state index contributed by atoms with van der Waals surface area (Å²) >= 11 is 0. The van der Waals surface area contributed by atoms with Crippen LogP contribution in [0.1, 0.15) is 22.8 Å². The molecule has 0 aliphatic heterocycles. The summed E-state index contributed by atoms with van der Waals surface area (Å²) in [4.78, 5) is 8.77. The highest BCUT2D eigenvalue weighted by molar-refractivity contribution is 14.0. The van der Waals surface area contributed by atoms with Gasteiger partial charge in [-0.3, -0.25) is 10.1 Å². The summed E-state index contributed by atoms with van der Waals surface area (Å²) in [7, 11) is 1.76. The van der Waals surface area contributed by atoms with E-state index in [0.29, 0.717) is 37.1 Å². The van der Waals surface area contributed by atoms with Crippen LogP contribution in [0.5, 0.6) is 0 Å². The maximum Gasteiger partial charge on any atom is 0.216 e.